The quantitative estimate of drug-likeness (QED) is 0.227. The predicted molar refractivity (Wildman–Crippen MR) is 142 cm³/mol. The first-order valence-electron chi connectivity index (χ1n) is 12.5. The number of nitrogens with zero attached hydrogens (tertiary/aromatic N) is 9. The number of hydrogen-bond donors (Lipinski definition) is 3. The average molecular weight is 555 g/mol. The molecule has 2 aliphatic heterocycles. The summed E-state index contributed by atoms with van der Waals surface area (Å²) >= 11 is 6.23. The van der Waals surface area contributed by atoms with Gasteiger partial charge in [-0.3, -0.25) is 4.90 Å². The summed E-state index contributed by atoms with van der Waals surface area (Å²) in [5.74, 6) is 2.05. The van der Waals surface area contributed by atoms with Gasteiger partial charge in [-0.05, 0) is 30.9 Å². The van der Waals surface area contributed by atoms with E-state index in [1.807, 2.05) is 0 Å². The molecule has 0 aliphatic carbocycles. The Bertz CT molecular complexity index is 1490. The molecule has 0 amide bonds. The number of carbonyl (C=O) groups excluding carboxylic acids is 1. The smallest absolute Gasteiger partial charge is 0.344 e. The highest BCUT2D eigenvalue weighted by Crippen LogP contribution is 2.29. The molecule has 0 saturated carbocycles. The van der Waals surface area contributed by atoms with Crippen molar-refractivity contribution in [3.05, 3.63) is 29.1 Å². The summed E-state index contributed by atoms with van der Waals surface area (Å²) in [5, 5.41) is 7.64. The second-order valence-corrected chi connectivity index (χ2v) is 9.87. The number of carbonyl (C=O) groups is 1. The number of fused-ring (bicyclic) bond motifs is 2. The summed E-state index contributed by atoms with van der Waals surface area (Å²) in [4.78, 5) is 38.3. The Balaban J connectivity index is 1.07. The normalized spacial score (nSPS) is 19.7. The summed E-state index contributed by atoms with van der Waals surface area (Å²) in [6, 6.07) is 3.88. The van der Waals surface area contributed by atoms with Crippen molar-refractivity contribution in [3.63, 3.8) is 0 Å². The van der Waals surface area contributed by atoms with Crippen molar-refractivity contribution in [3.8, 4) is 11.6 Å². The average Bonchev–Trinajstić information content (AvgIpc) is 3.61. The SMILES string of the molecule is COC(=O)c1c(N)nc(N2CCN3C[C@H](CNc4nc(N)n5nc(-c6ccco6)nc5n4)CC[C@@H]3C2)nc1Cl. The molecule has 2 atom stereocenters. The number of halogens is 1. The van der Waals surface area contributed by atoms with Gasteiger partial charge in [0.05, 0.1) is 13.4 Å². The van der Waals surface area contributed by atoms with Crippen molar-refractivity contribution in [2.24, 2.45) is 5.92 Å². The van der Waals surface area contributed by atoms with Crippen LogP contribution < -0.4 is 21.7 Å². The summed E-state index contributed by atoms with van der Waals surface area (Å²) in [5.41, 5.74) is 12.1. The fraction of sp³-hybridized carbons (Fsp3) is 0.435. The van der Waals surface area contributed by atoms with Gasteiger partial charge in [0.2, 0.25) is 23.7 Å². The molecule has 15 nitrogen and oxygen atoms in total. The first-order chi connectivity index (χ1) is 18.9. The lowest BCUT2D eigenvalue weighted by Crippen LogP contribution is -2.57. The van der Waals surface area contributed by atoms with Crippen molar-refractivity contribution in [2.45, 2.75) is 18.9 Å². The van der Waals surface area contributed by atoms with E-state index in [4.69, 9.17) is 32.2 Å². The molecule has 2 saturated heterocycles. The molecule has 16 heteroatoms. The van der Waals surface area contributed by atoms with Gasteiger partial charge in [-0.25, -0.2) is 4.79 Å². The van der Waals surface area contributed by atoms with Gasteiger partial charge in [-0.2, -0.15) is 29.4 Å². The lowest BCUT2D eigenvalue weighted by Gasteiger charge is -2.46. The van der Waals surface area contributed by atoms with Crippen LogP contribution in [0.4, 0.5) is 23.7 Å². The molecule has 0 unspecified atom stereocenters. The number of anilines is 4. The van der Waals surface area contributed by atoms with E-state index in [1.165, 1.54) is 11.6 Å². The van der Waals surface area contributed by atoms with Gasteiger partial charge in [0.1, 0.15) is 11.4 Å². The highest BCUT2D eigenvalue weighted by atomic mass is 35.5. The number of piperidine rings is 1. The van der Waals surface area contributed by atoms with Crippen molar-refractivity contribution >= 4 is 47.0 Å². The second kappa shape index (κ2) is 10.1. The fourth-order valence-electron chi connectivity index (χ4n) is 5.11. The number of esters is 1. The molecule has 0 aromatic carbocycles. The number of hydrogen-bond acceptors (Lipinski definition) is 14. The first kappa shape index (κ1) is 25.1. The zero-order valence-corrected chi connectivity index (χ0v) is 21.9. The Labute approximate surface area is 227 Å². The van der Waals surface area contributed by atoms with E-state index >= 15 is 0 Å². The van der Waals surface area contributed by atoms with Crippen LogP contribution in [0, 0.1) is 5.92 Å². The number of nitrogens with one attached hydrogen (secondary N) is 1. The molecule has 5 N–H and O–H groups in total. The Kier molecular flexibility index (Phi) is 6.52. The lowest BCUT2D eigenvalue weighted by atomic mass is 9.91. The third-order valence-electron chi connectivity index (χ3n) is 7.08. The maximum absolute atomic E-state index is 11.9. The van der Waals surface area contributed by atoms with Crippen LogP contribution in [0.2, 0.25) is 5.15 Å². The van der Waals surface area contributed by atoms with E-state index in [1.54, 1.807) is 18.4 Å². The third-order valence-corrected chi connectivity index (χ3v) is 7.36. The molecule has 204 valence electrons. The Morgan fingerprint density at radius 2 is 2.05 bits per heavy atom. The number of methoxy groups -OCH3 is 1. The number of furan rings is 1. The largest absolute Gasteiger partial charge is 0.465 e. The van der Waals surface area contributed by atoms with E-state index < -0.39 is 5.97 Å². The number of nitrogens with two attached hydrogens (primary N) is 2. The maximum Gasteiger partial charge on any atom is 0.344 e. The van der Waals surface area contributed by atoms with Crippen molar-refractivity contribution < 1.29 is 13.9 Å². The van der Waals surface area contributed by atoms with Crippen LogP contribution >= 0.6 is 11.6 Å². The molecular formula is C23H27ClN12O3. The second-order valence-electron chi connectivity index (χ2n) is 9.52. The molecule has 2 aliphatic rings. The molecule has 0 bridgehead atoms. The zero-order chi connectivity index (χ0) is 27.1. The van der Waals surface area contributed by atoms with E-state index in [-0.39, 0.29) is 22.5 Å². The lowest BCUT2D eigenvalue weighted by molar-refractivity contribution is 0.0601. The van der Waals surface area contributed by atoms with Crippen LogP contribution in [0.1, 0.15) is 23.2 Å². The monoisotopic (exact) mass is 554 g/mol. The van der Waals surface area contributed by atoms with Crippen LogP contribution in [0.5, 0.6) is 0 Å². The minimum atomic E-state index is -0.658. The van der Waals surface area contributed by atoms with E-state index in [0.29, 0.717) is 54.3 Å². The van der Waals surface area contributed by atoms with Crippen LogP contribution in [0.3, 0.4) is 0 Å². The summed E-state index contributed by atoms with van der Waals surface area (Å²) < 4.78 is 11.5. The number of ether oxygens (including phenoxy) is 1. The van der Waals surface area contributed by atoms with Gasteiger partial charge >= 0.3 is 5.97 Å². The number of piperazine rings is 1. The summed E-state index contributed by atoms with van der Waals surface area (Å²) in [7, 11) is 1.26. The van der Waals surface area contributed by atoms with Crippen LogP contribution in [-0.4, -0.2) is 91.3 Å². The van der Waals surface area contributed by atoms with Gasteiger partial charge in [0.25, 0.3) is 5.78 Å². The zero-order valence-electron chi connectivity index (χ0n) is 21.1. The molecular weight excluding hydrogens is 528 g/mol. The van der Waals surface area contributed by atoms with Gasteiger partial charge < -0.3 is 30.8 Å². The van der Waals surface area contributed by atoms with Gasteiger partial charge in [-0.1, -0.05) is 11.6 Å². The minimum absolute atomic E-state index is 0.00840. The van der Waals surface area contributed by atoms with E-state index in [9.17, 15) is 4.79 Å². The third kappa shape index (κ3) is 4.85. The van der Waals surface area contributed by atoms with Gasteiger partial charge in [-0.15, -0.1) is 5.10 Å². The molecule has 4 aromatic heterocycles. The molecule has 39 heavy (non-hydrogen) atoms. The molecule has 6 rings (SSSR count). The Morgan fingerprint density at radius 1 is 1.18 bits per heavy atom. The summed E-state index contributed by atoms with van der Waals surface area (Å²) in [6.07, 6.45) is 3.59. The van der Waals surface area contributed by atoms with Crippen molar-refractivity contribution in [1.82, 2.24) is 39.4 Å². The van der Waals surface area contributed by atoms with Gasteiger partial charge in [0, 0.05) is 38.8 Å². The van der Waals surface area contributed by atoms with E-state index in [0.717, 1.165) is 32.5 Å². The maximum atomic E-state index is 11.9. The van der Waals surface area contributed by atoms with E-state index in [2.05, 4.69) is 45.1 Å². The highest BCUT2D eigenvalue weighted by molar-refractivity contribution is 6.33. The number of nitrogen functional groups attached to an aromatic ring is 2. The number of aromatic nitrogens is 7. The summed E-state index contributed by atoms with van der Waals surface area (Å²) in [6.45, 7) is 3.93. The van der Waals surface area contributed by atoms with Crippen LogP contribution in [-0.2, 0) is 4.74 Å². The standard InChI is InChI=1S/C23H27ClN12O3/c1-38-19(37)15-16(24)28-22(29-17(15)25)35-7-6-34-10-12(4-5-13(34)11-35)9-27-21-31-20(26)36-23(32-21)30-18(33-36)14-3-2-8-39-14/h2-3,8,12-13H,4-7,9-11H2,1H3,(H2,25,28,29)(H3,26,27,30,31,32,33)/t12-,13+/m0/s1. The van der Waals surface area contributed by atoms with Crippen molar-refractivity contribution in [2.75, 3.05) is 61.5 Å². The van der Waals surface area contributed by atoms with Crippen LogP contribution in [0.15, 0.2) is 22.8 Å². The Hall–Kier alpha value is -4.24. The first-order valence-corrected chi connectivity index (χ1v) is 12.9. The minimum Gasteiger partial charge on any atom is -0.465 e. The predicted octanol–water partition coefficient (Wildman–Crippen LogP) is 1.19. The van der Waals surface area contributed by atoms with Crippen LogP contribution in [0.25, 0.3) is 17.4 Å². The molecule has 0 spiro atoms. The molecule has 2 fully saturated rings. The molecule has 4 aromatic rings. The molecule has 6 heterocycles. The fourth-order valence-corrected chi connectivity index (χ4v) is 5.36. The Morgan fingerprint density at radius 3 is 2.82 bits per heavy atom. The van der Waals surface area contributed by atoms with Gasteiger partial charge in [0.15, 0.2) is 10.9 Å². The number of rotatable bonds is 6. The molecule has 0 radical (unpaired) electrons. The highest BCUT2D eigenvalue weighted by Gasteiger charge is 2.34. The van der Waals surface area contributed by atoms with Crippen molar-refractivity contribution in [1.29, 1.82) is 0 Å². The topological polar surface area (TPSA) is 192 Å².